The van der Waals surface area contributed by atoms with Crippen LogP contribution in [0.15, 0.2) is 47.4 Å². The summed E-state index contributed by atoms with van der Waals surface area (Å²) < 4.78 is 39.5. The Morgan fingerprint density at radius 2 is 1.91 bits per heavy atom. The molecule has 7 heteroatoms. The molecule has 2 rings (SSSR count). The molecule has 1 aromatic carbocycles. The molecule has 0 saturated carbocycles. The Kier molecular flexibility index (Phi) is 4.58. The molecule has 4 nitrogen and oxygen atoms in total. The van der Waals surface area contributed by atoms with Crippen molar-refractivity contribution in [1.29, 1.82) is 0 Å². The van der Waals surface area contributed by atoms with Gasteiger partial charge >= 0.3 is 6.18 Å². The standard InChI is InChI=1S/C16H15F3N2O2/c1-10(11-4-3-5-13(8-11)16(17,18)19)20-15(23)12-6-7-21(2)14(22)9-12/h3-10H,1-2H3,(H,20,23). The van der Waals surface area contributed by atoms with Gasteiger partial charge in [-0.15, -0.1) is 0 Å². The maximum atomic E-state index is 12.7. The smallest absolute Gasteiger partial charge is 0.346 e. The van der Waals surface area contributed by atoms with E-state index < -0.39 is 23.7 Å². The first-order chi connectivity index (χ1) is 10.7. The number of rotatable bonds is 3. The lowest BCUT2D eigenvalue weighted by Gasteiger charge is -2.16. The molecule has 0 bridgehead atoms. The van der Waals surface area contributed by atoms with Crippen molar-refractivity contribution < 1.29 is 18.0 Å². The molecule has 0 spiro atoms. The van der Waals surface area contributed by atoms with Gasteiger partial charge in [-0.3, -0.25) is 9.59 Å². The van der Waals surface area contributed by atoms with Crippen LogP contribution in [0.5, 0.6) is 0 Å². The Balaban J connectivity index is 2.18. The van der Waals surface area contributed by atoms with Gasteiger partial charge in [0.15, 0.2) is 0 Å². The molecule has 1 aromatic heterocycles. The fourth-order valence-electron chi connectivity index (χ4n) is 2.04. The average molecular weight is 324 g/mol. The minimum atomic E-state index is -4.44. The van der Waals surface area contributed by atoms with Crippen LogP contribution in [-0.4, -0.2) is 10.5 Å². The molecule has 23 heavy (non-hydrogen) atoms. The Morgan fingerprint density at radius 1 is 1.22 bits per heavy atom. The lowest BCUT2D eigenvalue weighted by Crippen LogP contribution is -2.28. The van der Waals surface area contributed by atoms with Crippen molar-refractivity contribution in [3.05, 3.63) is 69.6 Å². The van der Waals surface area contributed by atoms with E-state index in [1.54, 1.807) is 14.0 Å². The van der Waals surface area contributed by atoms with Gasteiger partial charge in [-0.05, 0) is 30.7 Å². The zero-order valence-electron chi connectivity index (χ0n) is 12.5. The summed E-state index contributed by atoms with van der Waals surface area (Å²) in [6.07, 6.45) is -2.99. The second-order valence-corrected chi connectivity index (χ2v) is 5.18. The first-order valence-corrected chi connectivity index (χ1v) is 6.83. The second-order valence-electron chi connectivity index (χ2n) is 5.18. The quantitative estimate of drug-likeness (QED) is 0.944. The van der Waals surface area contributed by atoms with E-state index in [-0.39, 0.29) is 11.1 Å². The number of hydrogen-bond acceptors (Lipinski definition) is 2. The van der Waals surface area contributed by atoms with Crippen molar-refractivity contribution in [3.8, 4) is 0 Å². The minimum Gasteiger partial charge on any atom is -0.346 e. The van der Waals surface area contributed by atoms with Crippen LogP contribution in [0, 0.1) is 0 Å². The van der Waals surface area contributed by atoms with Gasteiger partial charge in [0.25, 0.3) is 11.5 Å². The van der Waals surface area contributed by atoms with Crippen LogP contribution in [0.25, 0.3) is 0 Å². The molecular weight excluding hydrogens is 309 g/mol. The van der Waals surface area contributed by atoms with Crippen molar-refractivity contribution in [1.82, 2.24) is 9.88 Å². The Labute approximate surface area is 130 Å². The predicted molar refractivity (Wildman–Crippen MR) is 79.0 cm³/mol. The molecule has 0 saturated heterocycles. The third kappa shape index (κ3) is 4.00. The molecule has 0 aliphatic heterocycles. The van der Waals surface area contributed by atoms with Crippen LogP contribution < -0.4 is 10.9 Å². The number of nitrogens with one attached hydrogen (secondary N) is 1. The maximum Gasteiger partial charge on any atom is 0.416 e. The monoisotopic (exact) mass is 324 g/mol. The van der Waals surface area contributed by atoms with Gasteiger partial charge in [0.2, 0.25) is 0 Å². The number of alkyl halides is 3. The van der Waals surface area contributed by atoms with Gasteiger partial charge in [0.1, 0.15) is 0 Å². The van der Waals surface area contributed by atoms with Crippen molar-refractivity contribution in [2.24, 2.45) is 7.05 Å². The van der Waals surface area contributed by atoms with Crippen molar-refractivity contribution in [2.45, 2.75) is 19.1 Å². The summed E-state index contributed by atoms with van der Waals surface area (Å²) >= 11 is 0. The second kappa shape index (κ2) is 6.28. The summed E-state index contributed by atoms with van der Waals surface area (Å²) in [5, 5.41) is 2.58. The third-order valence-corrected chi connectivity index (χ3v) is 3.43. The molecule has 1 unspecified atom stereocenters. The number of aryl methyl sites for hydroxylation is 1. The maximum absolute atomic E-state index is 12.7. The van der Waals surface area contributed by atoms with Gasteiger partial charge in [-0.2, -0.15) is 13.2 Å². The highest BCUT2D eigenvalue weighted by Gasteiger charge is 2.30. The number of benzene rings is 1. The Hall–Kier alpha value is -2.57. The van der Waals surface area contributed by atoms with Crippen LogP contribution >= 0.6 is 0 Å². The lowest BCUT2D eigenvalue weighted by atomic mass is 10.0. The van der Waals surface area contributed by atoms with Gasteiger partial charge in [-0.1, -0.05) is 12.1 Å². The van der Waals surface area contributed by atoms with Gasteiger partial charge in [0.05, 0.1) is 11.6 Å². The fraction of sp³-hybridized carbons (Fsp3) is 0.250. The molecule has 0 aliphatic carbocycles. The zero-order valence-corrected chi connectivity index (χ0v) is 12.5. The molecule has 1 amide bonds. The topological polar surface area (TPSA) is 51.1 Å². The molecule has 122 valence electrons. The van der Waals surface area contributed by atoms with Crippen LogP contribution in [0.2, 0.25) is 0 Å². The molecule has 1 N–H and O–H groups in total. The molecule has 1 atom stereocenters. The number of carbonyl (C=O) groups excluding carboxylic acids is 1. The SMILES string of the molecule is CC(NC(=O)c1ccn(C)c(=O)c1)c1cccc(C(F)(F)F)c1. The summed E-state index contributed by atoms with van der Waals surface area (Å²) in [5.41, 5.74) is -0.627. The lowest BCUT2D eigenvalue weighted by molar-refractivity contribution is -0.137. The molecule has 0 radical (unpaired) electrons. The number of halogens is 3. The molecule has 2 aromatic rings. The summed E-state index contributed by atoms with van der Waals surface area (Å²) in [6.45, 7) is 1.58. The van der Waals surface area contributed by atoms with E-state index in [0.717, 1.165) is 12.1 Å². The van der Waals surface area contributed by atoms with Crippen LogP contribution in [0.3, 0.4) is 0 Å². The first kappa shape index (κ1) is 16.8. The van der Waals surface area contributed by atoms with Crippen LogP contribution in [-0.2, 0) is 13.2 Å². The van der Waals surface area contributed by atoms with E-state index in [1.165, 1.54) is 35.0 Å². The Bertz CT molecular complexity index is 781. The van der Waals surface area contributed by atoms with E-state index in [9.17, 15) is 22.8 Å². The molecule has 1 heterocycles. The van der Waals surface area contributed by atoms with Crippen LogP contribution in [0.4, 0.5) is 13.2 Å². The summed E-state index contributed by atoms with van der Waals surface area (Å²) in [6, 6.07) is 6.77. The van der Waals surface area contributed by atoms with Gasteiger partial charge in [-0.25, -0.2) is 0 Å². The fourth-order valence-corrected chi connectivity index (χ4v) is 2.04. The Morgan fingerprint density at radius 3 is 2.52 bits per heavy atom. The molecule has 0 aliphatic rings. The predicted octanol–water partition coefficient (Wildman–Crippen LogP) is 2.90. The van der Waals surface area contributed by atoms with Crippen molar-refractivity contribution in [3.63, 3.8) is 0 Å². The first-order valence-electron chi connectivity index (χ1n) is 6.83. The highest BCUT2D eigenvalue weighted by atomic mass is 19.4. The largest absolute Gasteiger partial charge is 0.416 e. The van der Waals surface area contributed by atoms with Crippen LogP contribution in [0.1, 0.15) is 34.5 Å². The highest BCUT2D eigenvalue weighted by molar-refractivity contribution is 5.94. The normalized spacial score (nSPS) is 12.7. The number of hydrogen-bond donors (Lipinski definition) is 1. The van der Waals surface area contributed by atoms with E-state index in [4.69, 9.17) is 0 Å². The van der Waals surface area contributed by atoms with E-state index in [1.807, 2.05) is 0 Å². The van der Waals surface area contributed by atoms with E-state index >= 15 is 0 Å². The third-order valence-electron chi connectivity index (χ3n) is 3.43. The van der Waals surface area contributed by atoms with Crippen molar-refractivity contribution in [2.75, 3.05) is 0 Å². The van der Waals surface area contributed by atoms with E-state index in [2.05, 4.69) is 5.32 Å². The van der Waals surface area contributed by atoms with E-state index in [0.29, 0.717) is 5.56 Å². The number of amides is 1. The summed E-state index contributed by atoms with van der Waals surface area (Å²) in [7, 11) is 1.55. The number of aromatic nitrogens is 1. The number of carbonyl (C=O) groups is 1. The molecular formula is C16H15F3N2O2. The average Bonchev–Trinajstić information content (AvgIpc) is 2.49. The summed E-state index contributed by atoms with van der Waals surface area (Å²) in [5.74, 6) is -0.521. The van der Waals surface area contributed by atoms with Gasteiger partial charge < -0.3 is 9.88 Å². The zero-order chi connectivity index (χ0) is 17.2. The minimum absolute atomic E-state index is 0.159. The highest BCUT2D eigenvalue weighted by Crippen LogP contribution is 2.30. The van der Waals surface area contributed by atoms with Crippen molar-refractivity contribution >= 4 is 5.91 Å². The number of pyridine rings is 1. The van der Waals surface area contributed by atoms with Gasteiger partial charge in [0, 0.05) is 24.9 Å². The summed E-state index contributed by atoms with van der Waals surface area (Å²) in [4.78, 5) is 23.6. The molecule has 0 fully saturated rings. The number of nitrogens with zero attached hydrogens (tertiary/aromatic N) is 1.